The summed E-state index contributed by atoms with van der Waals surface area (Å²) in [6.07, 6.45) is 4.00. The number of hydrogen-bond acceptors (Lipinski definition) is 5. The van der Waals surface area contributed by atoms with Crippen LogP contribution in [0.15, 0.2) is 28.7 Å². The topological polar surface area (TPSA) is 61.6 Å². The number of rotatable bonds is 4. The number of carbonyl (C=O) groups is 1. The first-order valence-electron chi connectivity index (χ1n) is 9.78. The molecule has 2 aliphatic heterocycles. The van der Waals surface area contributed by atoms with Gasteiger partial charge in [0, 0.05) is 32.1 Å². The molecule has 1 aromatic carbocycles. The van der Waals surface area contributed by atoms with Crippen LogP contribution >= 0.6 is 24.8 Å². The number of fused-ring (bicyclic) bond motifs is 1. The van der Waals surface area contributed by atoms with Crippen molar-refractivity contribution in [2.75, 3.05) is 44.7 Å². The molecular weight excluding hydrogens is 399 g/mol. The van der Waals surface area contributed by atoms with Crippen molar-refractivity contribution in [1.82, 2.24) is 15.2 Å². The summed E-state index contributed by atoms with van der Waals surface area (Å²) in [4.78, 5) is 21.7. The lowest BCUT2D eigenvalue weighted by molar-refractivity contribution is -0.137. The Morgan fingerprint density at radius 2 is 1.79 bits per heavy atom. The van der Waals surface area contributed by atoms with E-state index in [0.29, 0.717) is 17.8 Å². The summed E-state index contributed by atoms with van der Waals surface area (Å²) in [6.45, 7) is 4.55. The first-order chi connectivity index (χ1) is 12.7. The van der Waals surface area contributed by atoms with Crippen molar-refractivity contribution in [2.45, 2.75) is 25.7 Å². The third-order valence-electron chi connectivity index (χ3n) is 5.82. The van der Waals surface area contributed by atoms with Gasteiger partial charge in [0.25, 0.3) is 6.01 Å². The molecule has 28 heavy (non-hydrogen) atoms. The number of nitrogens with zero attached hydrogens (tertiary/aromatic N) is 3. The van der Waals surface area contributed by atoms with Gasteiger partial charge in [-0.2, -0.15) is 4.98 Å². The first kappa shape index (κ1) is 22.8. The number of hydrogen-bond donors (Lipinski definition) is 1. The van der Waals surface area contributed by atoms with E-state index in [4.69, 9.17) is 4.42 Å². The number of halogens is 2. The summed E-state index contributed by atoms with van der Waals surface area (Å²) in [5.74, 6) is 1.21. The molecule has 6 nitrogen and oxygen atoms in total. The minimum absolute atomic E-state index is 0. The highest BCUT2D eigenvalue weighted by atomic mass is 35.5. The molecule has 2 aromatic rings. The van der Waals surface area contributed by atoms with Gasteiger partial charge in [-0.1, -0.05) is 12.1 Å². The maximum absolute atomic E-state index is 12.9. The predicted molar refractivity (Wildman–Crippen MR) is 117 cm³/mol. The van der Waals surface area contributed by atoms with Gasteiger partial charge in [0.15, 0.2) is 5.58 Å². The zero-order valence-corrected chi connectivity index (χ0v) is 17.9. The zero-order valence-electron chi connectivity index (χ0n) is 16.3. The average molecular weight is 429 g/mol. The Bertz CT molecular complexity index is 720. The lowest BCUT2D eigenvalue weighted by Gasteiger charge is -2.37. The van der Waals surface area contributed by atoms with Crippen molar-refractivity contribution in [3.8, 4) is 0 Å². The highest BCUT2D eigenvalue weighted by Gasteiger charge is 2.31. The van der Waals surface area contributed by atoms with Crippen LogP contribution in [0.4, 0.5) is 6.01 Å². The highest BCUT2D eigenvalue weighted by molar-refractivity contribution is 5.85. The van der Waals surface area contributed by atoms with Crippen molar-refractivity contribution < 1.29 is 9.21 Å². The number of benzene rings is 1. The lowest BCUT2D eigenvalue weighted by Crippen LogP contribution is -2.46. The smallest absolute Gasteiger partial charge is 0.298 e. The monoisotopic (exact) mass is 428 g/mol. The minimum atomic E-state index is 0. The molecule has 2 fully saturated rings. The van der Waals surface area contributed by atoms with Gasteiger partial charge in [-0.3, -0.25) is 4.79 Å². The number of likely N-dealkylation sites (tertiary alicyclic amines) is 1. The molecular formula is C20H30Cl2N4O2. The Hall–Kier alpha value is -1.50. The molecule has 1 amide bonds. The van der Waals surface area contributed by atoms with Gasteiger partial charge in [0.05, 0.1) is 0 Å². The van der Waals surface area contributed by atoms with Gasteiger partial charge in [-0.05, 0) is 57.3 Å². The van der Waals surface area contributed by atoms with Crippen LogP contribution in [0.3, 0.4) is 0 Å². The van der Waals surface area contributed by atoms with Crippen molar-refractivity contribution in [2.24, 2.45) is 11.8 Å². The summed E-state index contributed by atoms with van der Waals surface area (Å²) in [7, 11) is 2.00. The summed E-state index contributed by atoms with van der Waals surface area (Å²) >= 11 is 0. The quantitative estimate of drug-likeness (QED) is 0.808. The fraction of sp³-hybridized carbons (Fsp3) is 0.600. The summed E-state index contributed by atoms with van der Waals surface area (Å²) in [5.41, 5.74) is 1.72. The number of amides is 1. The number of para-hydroxylation sites is 2. The second kappa shape index (κ2) is 10.3. The van der Waals surface area contributed by atoms with Gasteiger partial charge >= 0.3 is 0 Å². The number of anilines is 1. The Balaban J connectivity index is 0.00000140. The summed E-state index contributed by atoms with van der Waals surface area (Å²) in [5, 5.41) is 3.25. The van der Waals surface area contributed by atoms with Crippen LogP contribution in [-0.2, 0) is 4.79 Å². The largest absolute Gasteiger partial charge is 0.423 e. The molecule has 2 aliphatic rings. The molecule has 1 N–H and O–H groups in total. The van der Waals surface area contributed by atoms with Crippen molar-refractivity contribution in [3.05, 3.63) is 24.3 Å². The van der Waals surface area contributed by atoms with Crippen LogP contribution in [0.5, 0.6) is 0 Å². The van der Waals surface area contributed by atoms with Crippen LogP contribution in [0.2, 0.25) is 0 Å². The van der Waals surface area contributed by atoms with Crippen molar-refractivity contribution in [1.29, 1.82) is 0 Å². The Labute approximate surface area is 178 Å². The fourth-order valence-corrected chi connectivity index (χ4v) is 4.22. The SMILES string of the molecule is CNCC1CCN(C(=O)C2CCN(c3nc4ccccc4o3)CC2)CC1.Cl.Cl. The van der Waals surface area contributed by atoms with E-state index in [9.17, 15) is 4.79 Å². The molecule has 3 heterocycles. The van der Waals surface area contributed by atoms with Crippen molar-refractivity contribution >= 4 is 47.8 Å². The molecule has 2 saturated heterocycles. The van der Waals surface area contributed by atoms with Gasteiger partial charge in [-0.15, -0.1) is 24.8 Å². The van der Waals surface area contributed by atoms with Crippen LogP contribution in [-0.4, -0.2) is 55.6 Å². The molecule has 0 aliphatic carbocycles. The molecule has 0 bridgehead atoms. The molecule has 0 unspecified atom stereocenters. The van der Waals surface area contributed by atoms with Crippen LogP contribution in [0, 0.1) is 11.8 Å². The molecule has 4 rings (SSSR count). The Kier molecular flexibility index (Phi) is 8.40. The average Bonchev–Trinajstić information content (AvgIpc) is 3.13. The van der Waals surface area contributed by atoms with Gasteiger partial charge in [0.2, 0.25) is 5.91 Å². The van der Waals surface area contributed by atoms with Crippen molar-refractivity contribution in [3.63, 3.8) is 0 Å². The molecule has 0 radical (unpaired) electrons. The molecule has 0 saturated carbocycles. The fourth-order valence-electron chi connectivity index (χ4n) is 4.22. The van der Waals surface area contributed by atoms with E-state index in [-0.39, 0.29) is 30.7 Å². The van der Waals surface area contributed by atoms with E-state index in [2.05, 4.69) is 20.1 Å². The van der Waals surface area contributed by atoms with Gasteiger partial charge < -0.3 is 19.5 Å². The van der Waals surface area contributed by atoms with Crippen LogP contribution in [0.1, 0.15) is 25.7 Å². The number of carbonyl (C=O) groups excluding carboxylic acids is 1. The molecule has 8 heteroatoms. The van der Waals surface area contributed by atoms with Gasteiger partial charge in [0.1, 0.15) is 5.52 Å². The predicted octanol–water partition coefficient (Wildman–Crippen LogP) is 3.35. The standard InChI is InChI=1S/C20H28N4O2.2ClH/c1-21-14-15-6-10-23(11-7-15)19(25)16-8-12-24(13-9-16)20-22-17-4-2-3-5-18(17)26-20;;/h2-5,15-16,21H,6-14H2,1H3;2*1H. The van der Waals surface area contributed by atoms with Crippen LogP contribution in [0.25, 0.3) is 11.1 Å². The number of oxazole rings is 1. The third kappa shape index (κ3) is 4.91. The Morgan fingerprint density at radius 3 is 2.43 bits per heavy atom. The minimum Gasteiger partial charge on any atom is -0.423 e. The van der Waals surface area contributed by atoms with E-state index in [1.165, 1.54) is 0 Å². The summed E-state index contributed by atoms with van der Waals surface area (Å²) in [6, 6.07) is 8.53. The molecule has 156 valence electrons. The maximum Gasteiger partial charge on any atom is 0.298 e. The number of piperidine rings is 2. The first-order valence-corrected chi connectivity index (χ1v) is 9.78. The second-order valence-electron chi connectivity index (χ2n) is 7.55. The molecule has 1 aromatic heterocycles. The molecule has 0 spiro atoms. The summed E-state index contributed by atoms with van der Waals surface area (Å²) < 4.78 is 5.87. The number of nitrogens with one attached hydrogen (secondary N) is 1. The van der Waals surface area contributed by atoms with E-state index in [0.717, 1.165) is 69.5 Å². The zero-order chi connectivity index (χ0) is 17.9. The Morgan fingerprint density at radius 1 is 1.11 bits per heavy atom. The third-order valence-corrected chi connectivity index (χ3v) is 5.82. The highest BCUT2D eigenvalue weighted by Crippen LogP contribution is 2.28. The second-order valence-corrected chi connectivity index (χ2v) is 7.55. The molecule has 0 atom stereocenters. The normalized spacial score (nSPS) is 18.6. The van der Waals surface area contributed by atoms with Crippen LogP contribution < -0.4 is 10.2 Å². The van der Waals surface area contributed by atoms with E-state index in [1.54, 1.807) is 0 Å². The lowest BCUT2D eigenvalue weighted by atomic mass is 9.92. The maximum atomic E-state index is 12.9. The van der Waals surface area contributed by atoms with E-state index >= 15 is 0 Å². The van der Waals surface area contributed by atoms with Gasteiger partial charge in [-0.25, -0.2) is 0 Å². The van der Waals surface area contributed by atoms with E-state index in [1.807, 2.05) is 31.3 Å². The number of aromatic nitrogens is 1. The van der Waals surface area contributed by atoms with E-state index < -0.39 is 0 Å².